The lowest BCUT2D eigenvalue weighted by Crippen LogP contribution is -2.30. The second-order valence-electron chi connectivity index (χ2n) is 20.3. The molecule has 0 aliphatic carbocycles. The Morgan fingerprint density at radius 1 is 0.299 bits per heavy atom. The average Bonchev–Trinajstić information content (AvgIpc) is 3.33. The third-order valence-electron chi connectivity index (χ3n) is 13.5. The minimum atomic E-state index is -0.773. The average molecular weight is 944 g/mol. The van der Waals surface area contributed by atoms with E-state index in [2.05, 4.69) is 45.1 Å². The summed E-state index contributed by atoms with van der Waals surface area (Å²) >= 11 is 0. The predicted octanol–water partition coefficient (Wildman–Crippen LogP) is 19.9. The normalized spacial score (nSPS) is 12.1. The van der Waals surface area contributed by atoms with Crippen molar-refractivity contribution in [3.05, 3.63) is 24.3 Å². The van der Waals surface area contributed by atoms with Gasteiger partial charge < -0.3 is 14.2 Å². The smallest absolute Gasteiger partial charge is 0.306 e. The summed E-state index contributed by atoms with van der Waals surface area (Å²) in [5.74, 6) is -0.868. The molecule has 0 fully saturated rings. The number of hydrogen-bond acceptors (Lipinski definition) is 6. The number of ether oxygens (including phenoxy) is 3. The highest BCUT2D eigenvalue weighted by Gasteiger charge is 2.19. The number of carbonyl (C=O) groups excluding carboxylic acids is 3. The molecule has 0 aliphatic heterocycles. The van der Waals surface area contributed by atoms with E-state index in [0.717, 1.165) is 77.0 Å². The minimum absolute atomic E-state index is 0.0719. The summed E-state index contributed by atoms with van der Waals surface area (Å²) in [6, 6.07) is 0. The van der Waals surface area contributed by atoms with Crippen molar-refractivity contribution in [2.24, 2.45) is 0 Å². The zero-order chi connectivity index (χ0) is 48.6. The largest absolute Gasteiger partial charge is 0.462 e. The molecule has 0 amide bonds. The first-order valence-electron chi connectivity index (χ1n) is 29.8. The van der Waals surface area contributed by atoms with Crippen molar-refractivity contribution in [1.82, 2.24) is 0 Å². The van der Waals surface area contributed by atoms with E-state index < -0.39 is 6.10 Å². The van der Waals surface area contributed by atoms with Crippen molar-refractivity contribution in [3.63, 3.8) is 0 Å². The van der Waals surface area contributed by atoms with Gasteiger partial charge in [0.15, 0.2) is 6.10 Å². The molecule has 67 heavy (non-hydrogen) atoms. The Labute approximate surface area is 417 Å². The van der Waals surface area contributed by atoms with Crippen LogP contribution in [0, 0.1) is 0 Å². The Kier molecular flexibility index (Phi) is 54.7. The Hall–Kier alpha value is -2.11. The van der Waals surface area contributed by atoms with Gasteiger partial charge in [0.25, 0.3) is 0 Å². The molecule has 0 saturated carbocycles. The van der Waals surface area contributed by atoms with E-state index in [4.69, 9.17) is 14.2 Å². The molecule has 0 bridgehead atoms. The Morgan fingerprint density at radius 3 is 0.836 bits per heavy atom. The van der Waals surface area contributed by atoms with Crippen LogP contribution in [-0.4, -0.2) is 37.2 Å². The van der Waals surface area contributed by atoms with Crippen LogP contribution in [0.3, 0.4) is 0 Å². The molecule has 6 heteroatoms. The van der Waals surface area contributed by atoms with Gasteiger partial charge in [-0.25, -0.2) is 0 Å². The van der Waals surface area contributed by atoms with Crippen LogP contribution < -0.4 is 0 Å². The highest BCUT2D eigenvalue weighted by Crippen LogP contribution is 2.17. The predicted molar refractivity (Wildman–Crippen MR) is 289 cm³/mol. The fraction of sp³-hybridized carbons (Fsp3) is 0.885. The molecule has 0 heterocycles. The Morgan fingerprint density at radius 2 is 0.537 bits per heavy atom. The van der Waals surface area contributed by atoms with E-state index in [1.54, 1.807) is 0 Å². The number of allylic oxidation sites excluding steroid dienone is 4. The van der Waals surface area contributed by atoms with Crippen LogP contribution in [0.1, 0.15) is 329 Å². The molecule has 1 atom stereocenters. The van der Waals surface area contributed by atoms with Crippen molar-refractivity contribution in [2.45, 2.75) is 335 Å². The van der Waals surface area contributed by atoms with E-state index in [-0.39, 0.29) is 31.1 Å². The lowest BCUT2D eigenvalue weighted by atomic mass is 10.0. The number of unbranched alkanes of at least 4 members (excludes halogenated alkanes) is 40. The third kappa shape index (κ3) is 54.7. The molecule has 0 aliphatic rings. The lowest BCUT2D eigenvalue weighted by molar-refractivity contribution is -0.167. The van der Waals surface area contributed by atoms with Gasteiger partial charge in [0, 0.05) is 19.3 Å². The topological polar surface area (TPSA) is 78.9 Å². The maximum Gasteiger partial charge on any atom is 0.306 e. The molecular weight excluding hydrogens is 829 g/mol. The van der Waals surface area contributed by atoms with Gasteiger partial charge in [-0.1, -0.05) is 283 Å². The van der Waals surface area contributed by atoms with Gasteiger partial charge in [-0.15, -0.1) is 0 Å². The maximum atomic E-state index is 12.8. The summed E-state index contributed by atoms with van der Waals surface area (Å²) in [6.45, 7) is 6.64. The number of hydrogen-bond donors (Lipinski definition) is 0. The molecule has 1 unspecified atom stereocenters. The molecular formula is C61H114O6. The third-order valence-corrected chi connectivity index (χ3v) is 13.5. The summed E-state index contributed by atoms with van der Waals surface area (Å²) in [5.41, 5.74) is 0. The van der Waals surface area contributed by atoms with Crippen LogP contribution in [0.25, 0.3) is 0 Å². The first-order chi connectivity index (χ1) is 33.0. The summed E-state index contributed by atoms with van der Waals surface area (Å²) in [7, 11) is 0. The fourth-order valence-corrected chi connectivity index (χ4v) is 8.95. The minimum Gasteiger partial charge on any atom is -0.462 e. The first-order valence-corrected chi connectivity index (χ1v) is 29.8. The fourth-order valence-electron chi connectivity index (χ4n) is 8.95. The molecule has 0 rings (SSSR count). The zero-order valence-corrected chi connectivity index (χ0v) is 45.2. The maximum absolute atomic E-state index is 12.8. The van der Waals surface area contributed by atoms with Crippen LogP contribution in [0.2, 0.25) is 0 Å². The zero-order valence-electron chi connectivity index (χ0n) is 45.2. The van der Waals surface area contributed by atoms with Crippen molar-refractivity contribution in [2.75, 3.05) is 13.2 Å². The molecule has 0 saturated heterocycles. The van der Waals surface area contributed by atoms with Crippen LogP contribution in [-0.2, 0) is 28.6 Å². The monoisotopic (exact) mass is 943 g/mol. The second-order valence-corrected chi connectivity index (χ2v) is 20.3. The highest BCUT2D eigenvalue weighted by molar-refractivity contribution is 5.71. The van der Waals surface area contributed by atoms with Crippen LogP contribution in [0.5, 0.6) is 0 Å². The molecule has 0 aromatic rings. The molecule has 0 aromatic carbocycles. The van der Waals surface area contributed by atoms with E-state index in [1.807, 2.05) is 0 Å². The summed E-state index contributed by atoms with van der Waals surface area (Å²) in [5, 5.41) is 0. The van der Waals surface area contributed by atoms with Crippen molar-refractivity contribution in [1.29, 1.82) is 0 Å². The van der Waals surface area contributed by atoms with Crippen molar-refractivity contribution >= 4 is 17.9 Å². The van der Waals surface area contributed by atoms with Gasteiger partial charge in [-0.05, 0) is 51.4 Å². The van der Waals surface area contributed by atoms with Crippen LogP contribution in [0.15, 0.2) is 24.3 Å². The van der Waals surface area contributed by atoms with Crippen LogP contribution in [0.4, 0.5) is 0 Å². The number of carbonyl (C=O) groups is 3. The van der Waals surface area contributed by atoms with Crippen LogP contribution >= 0.6 is 0 Å². The summed E-state index contributed by atoms with van der Waals surface area (Å²) < 4.78 is 16.8. The van der Waals surface area contributed by atoms with E-state index in [1.165, 1.54) is 212 Å². The second kappa shape index (κ2) is 56.5. The lowest BCUT2D eigenvalue weighted by Gasteiger charge is -2.18. The van der Waals surface area contributed by atoms with E-state index in [0.29, 0.717) is 19.3 Å². The van der Waals surface area contributed by atoms with E-state index >= 15 is 0 Å². The summed E-state index contributed by atoms with van der Waals surface area (Å²) in [4.78, 5) is 38.0. The van der Waals surface area contributed by atoms with Gasteiger partial charge >= 0.3 is 17.9 Å². The van der Waals surface area contributed by atoms with Gasteiger partial charge in [0.1, 0.15) is 13.2 Å². The first kappa shape index (κ1) is 64.9. The van der Waals surface area contributed by atoms with Gasteiger partial charge in [-0.3, -0.25) is 14.4 Å². The number of esters is 3. The molecule has 394 valence electrons. The molecule has 0 N–H and O–H groups in total. The van der Waals surface area contributed by atoms with Gasteiger partial charge in [-0.2, -0.15) is 0 Å². The molecule has 0 radical (unpaired) electrons. The summed E-state index contributed by atoms with van der Waals surface area (Å²) in [6.07, 6.45) is 66.2. The molecule has 0 spiro atoms. The van der Waals surface area contributed by atoms with Gasteiger partial charge in [0.05, 0.1) is 0 Å². The van der Waals surface area contributed by atoms with Gasteiger partial charge in [0.2, 0.25) is 0 Å². The quantitative estimate of drug-likeness (QED) is 0.0262. The van der Waals surface area contributed by atoms with E-state index in [9.17, 15) is 14.4 Å². The Balaban J connectivity index is 4.17. The van der Waals surface area contributed by atoms with Crippen molar-refractivity contribution < 1.29 is 28.6 Å². The molecule has 0 aromatic heterocycles. The highest BCUT2D eigenvalue weighted by atomic mass is 16.6. The molecule has 6 nitrogen and oxygen atoms in total. The van der Waals surface area contributed by atoms with Crippen molar-refractivity contribution in [3.8, 4) is 0 Å². The number of rotatable bonds is 55. The standard InChI is InChI=1S/C61H114O6/c1-4-7-10-13-16-19-21-23-25-27-28-29-30-31-32-33-34-36-37-39-42-45-48-51-54-60(63)66-57-58(56-65-59(62)53-50-47-44-41-18-15-12-9-6-3)67-61(64)55-52-49-46-43-40-38-35-26-24-22-20-17-14-11-8-5-2/h20,22,26,35,58H,4-19,21,23-25,27-34,36-57H2,1-3H3/b22-20-,35-26-. The SMILES string of the molecule is CCCCCC/C=C\C/C=C\CCCCCCCC(=O)OC(COC(=O)CCCCCCCCCCC)COC(=O)CCCCCCCCCCCCCCCCCCCCCCCCCC. The Bertz CT molecular complexity index is 1080.